The van der Waals surface area contributed by atoms with E-state index in [4.69, 9.17) is 4.74 Å². The summed E-state index contributed by atoms with van der Waals surface area (Å²) < 4.78 is 5.48. The van der Waals surface area contributed by atoms with E-state index in [9.17, 15) is 14.4 Å². The zero-order valence-corrected chi connectivity index (χ0v) is 11.2. The maximum atomic E-state index is 12.1. The molecule has 108 valence electrons. The summed E-state index contributed by atoms with van der Waals surface area (Å²) in [5, 5.41) is 7.11. The molecule has 0 unspecified atom stereocenters. The zero-order chi connectivity index (χ0) is 15.1. The van der Waals surface area contributed by atoms with Gasteiger partial charge in [-0.1, -0.05) is 0 Å². The normalized spacial score (nSPS) is 11.7. The first-order valence-corrected chi connectivity index (χ1v) is 5.98. The van der Waals surface area contributed by atoms with Gasteiger partial charge in [0.1, 0.15) is 11.3 Å². The number of carbonyl (C=O) groups excluding carboxylic acids is 1. The van der Waals surface area contributed by atoms with Gasteiger partial charge in [-0.25, -0.2) is 0 Å². The summed E-state index contributed by atoms with van der Waals surface area (Å²) >= 11 is 0. The van der Waals surface area contributed by atoms with Gasteiger partial charge >= 0.3 is 5.56 Å². The molecule has 1 aliphatic rings. The maximum absolute atomic E-state index is 12.1. The van der Waals surface area contributed by atoms with Gasteiger partial charge in [-0.2, -0.15) is 0 Å². The Labute approximate surface area is 117 Å². The number of nitrogens with zero attached hydrogens (tertiary/aromatic N) is 2. The van der Waals surface area contributed by atoms with E-state index >= 15 is 0 Å². The third kappa shape index (κ3) is 1.95. The summed E-state index contributed by atoms with van der Waals surface area (Å²) in [6, 6.07) is 0. The average Bonchev–Trinajstić information content (AvgIpc) is 2.48. The van der Waals surface area contributed by atoms with Gasteiger partial charge in [0.2, 0.25) is 5.75 Å². The van der Waals surface area contributed by atoms with Crippen molar-refractivity contribution >= 4 is 17.3 Å². The molecular formula is C12H11N5O4. The maximum Gasteiger partial charge on any atom is 0.307 e. The van der Waals surface area contributed by atoms with E-state index in [1.54, 1.807) is 14.1 Å². The molecule has 21 heavy (non-hydrogen) atoms. The molecule has 0 bridgehead atoms. The standard InChI is InChI=1S/C12H11N5O4/c1-17(2)12(20)5-3-13-4-6-8(5)21-9-7(14-6)10(18)15-16-11(9)19/h3-4,14H,1-2H3,(H,15,18)(H,16,19). The zero-order valence-electron chi connectivity index (χ0n) is 11.2. The SMILES string of the molecule is CN(C)C(=O)c1cncc2c1Oc1c(c(=O)[nH][nH]c1=O)N2. The van der Waals surface area contributed by atoms with Crippen LogP contribution in [0.5, 0.6) is 11.5 Å². The van der Waals surface area contributed by atoms with E-state index in [0.717, 1.165) is 0 Å². The van der Waals surface area contributed by atoms with E-state index in [-0.39, 0.29) is 28.7 Å². The summed E-state index contributed by atoms with van der Waals surface area (Å²) in [6.45, 7) is 0. The van der Waals surface area contributed by atoms with Crippen LogP contribution >= 0.6 is 0 Å². The Bertz CT molecular complexity index is 851. The van der Waals surface area contributed by atoms with Crippen LogP contribution in [0, 0.1) is 0 Å². The van der Waals surface area contributed by atoms with Crippen LogP contribution in [0.25, 0.3) is 0 Å². The third-order valence-electron chi connectivity index (χ3n) is 2.95. The fraction of sp³-hybridized carbons (Fsp3) is 0.167. The Hall–Kier alpha value is -3.10. The first-order valence-electron chi connectivity index (χ1n) is 5.98. The van der Waals surface area contributed by atoms with Gasteiger partial charge in [0, 0.05) is 20.3 Å². The van der Waals surface area contributed by atoms with Crippen LogP contribution in [0.1, 0.15) is 10.4 Å². The number of pyridine rings is 1. The van der Waals surface area contributed by atoms with Crippen LogP contribution in [-0.2, 0) is 0 Å². The Morgan fingerprint density at radius 2 is 1.86 bits per heavy atom. The number of aromatic nitrogens is 3. The molecule has 3 rings (SSSR count). The molecule has 0 radical (unpaired) electrons. The molecule has 0 saturated heterocycles. The van der Waals surface area contributed by atoms with Crippen molar-refractivity contribution in [1.29, 1.82) is 0 Å². The predicted molar refractivity (Wildman–Crippen MR) is 73.3 cm³/mol. The van der Waals surface area contributed by atoms with Crippen LogP contribution in [0.2, 0.25) is 0 Å². The molecule has 0 spiro atoms. The van der Waals surface area contributed by atoms with Gasteiger partial charge < -0.3 is 15.0 Å². The van der Waals surface area contributed by atoms with Gasteiger partial charge in [0.05, 0.1) is 6.20 Å². The molecule has 9 nitrogen and oxygen atoms in total. The molecule has 2 aromatic rings. The third-order valence-corrected chi connectivity index (χ3v) is 2.95. The summed E-state index contributed by atoms with van der Waals surface area (Å²) in [6.07, 6.45) is 2.75. The number of amides is 1. The summed E-state index contributed by atoms with van der Waals surface area (Å²) in [5.74, 6) is -0.358. The second kappa shape index (κ2) is 4.47. The van der Waals surface area contributed by atoms with Crippen LogP contribution in [0.4, 0.5) is 11.4 Å². The number of carbonyl (C=O) groups is 1. The topological polar surface area (TPSA) is 120 Å². The Balaban J connectivity index is 2.19. The lowest BCUT2D eigenvalue weighted by molar-refractivity contribution is 0.0824. The minimum absolute atomic E-state index is 0.0255. The molecular weight excluding hydrogens is 278 g/mol. The minimum atomic E-state index is -0.609. The summed E-state index contributed by atoms with van der Waals surface area (Å²) in [4.78, 5) is 40.8. The van der Waals surface area contributed by atoms with Crippen molar-refractivity contribution in [3.8, 4) is 11.5 Å². The van der Waals surface area contributed by atoms with Crippen LogP contribution in [0.15, 0.2) is 22.0 Å². The quantitative estimate of drug-likeness (QED) is 0.580. The van der Waals surface area contributed by atoms with Crippen LogP contribution < -0.4 is 21.2 Å². The molecule has 3 heterocycles. The number of nitrogens with one attached hydrogen (secondary N) is 3. The Morgan fingerprint density at radius 3 is 2.57 bits per heavy atom. The summed E-state index contributed by atoms with van der Waals surface area (Å²) in [7, 11) is 3.17. The van der Waals surface area contributed by atoms with Crippen molar-refractivity contribution in [2.45, 2.75) is 0 Å². The average molecular weight is 289 g/mol. The molecule has 2 aromatic heterocycles. The van der Waals surface area contributed by atoms with Crippen molar-refractivity contribution in [2.75, 3.05) is 19.4 Å². The molecule has 0 aromatic carbocycles. The molecule has 9 heteroatoms. The lowest BCUT2D eigenvalue weighted by atomic mass is 10.2. The van der Waals surface area contributed by atoms with Gasteiger partial charge in [-0.05, 0) is 0 Å². The van der Waals surface area contributed by atoms with Crippen molar-refractivity contribution in [3.63, 3.8) is 0 Å². The van der Waals surface area contributed by atoms with Gasteiger partial charge in [0.25, 0.3) is 11.5 Å². The number of H-pyrrole nitrogens is 2. The minimum Gasteiger partial charge on any atom is -0.446 e. The number of hydrogen-bond acceptors (Lipinski definition) is 6. The first kappa shape index (κ1) is 12.9. The predicted octanol–water partition coefficient (Wildman–Crippen LogP) is 0.00930. The largest absolute Gasteiger partial charge is 0.446 e. The first-order chi connectivity index (χ1) is 9.99. The molecule has 0 atom stereocenters. The Morgan fingerprint density at radius 1 is 1.14 bits per heavy atom. The second-order valence-corrected chi connectivity index (χ2v) is 4.60. The fourth-order valence-electron chi connectivity index (χ4n) is 1.94. The highest BCUT2D eigenvalue weighted by molar-refractivity contribution is 5.99. The van der Waals surface area contributed by atoms with Gasteiger partial charge in [-0.3, -0.25) is 29.6 Å². The van der Waals surface area contributed by atoms with Gasteiger partial charge in [-0.15, -0.1) is 0 Å². The van der Waals surface area contributed by atoms with Crippen LogP contribution in [0.3, 0.4) is 0 Å². The number of rotatable bonds is 1. The number of hydrogen-bond donors (Lipinski definition) is 3. The fourth-order valence-corrected chi connectivity index (χ4v) is 1.94. The number of ether oxygens (including phenoxy) is 1. The van der Waals surface area contributed by atoms with Crippen molar-refractivity contribution < 1.29 is 9.53 Å². The van der Waals surface area contributed by atoms with E-state index in [1.807, 2.05) is 0 Å². The lowest BCUT2D eigenvalue weighted by Gasteiger charge is -2.22. The van der Waals surface area contributed by atoms with E-state index < -0.39 is 11.1 Å². The molecule has 3 N–H and O–H groups in total. The lowest BCUT2D eigenvalue weighted by Crippen LogP contribution is -2.27. The van der Waals surface area contributed by atoms with Gasteiger partial charge in [0.15, 0.2) is 11.4 Å². The van der Waals surface area contributed by atoms with E-state index in [2.05, 4.69) is 20.5 Å². The smallest absolute Gasteiger partial charge is 0.307 e. The highest BCUT2D eigenvalue weighted by Gasteiger charge is 2.27. The summed E-state index contributed by atoms with van der Waals surface area (Å²) in [5.41, 5.74) is -0.647. The van der Waals surface area contributed by atoms with Crippen molar-refractivity contribution in [1.82, 2.24) is 20.1 Å². The number of fused-ring (bicyclic) bond motifs is 2. The van der Waals surface area contributed by atoms with Crippen molar-refractivity contribution in [2.24, 2.45) is 0 Å². The van der Waals surface area contributed by atoms with E-state index in [1.165, 1.54) is 17.3 Å². The number of aromatic amines is 2. The van der Waals surface area contributed by atoms with Crippen LogP contribution in [-0.4, -0.2) is 40.1 Å². The number of anilines is 2. The van der Waals surface area contributed by atoms with E-state index in [0.29, 0.717) is 5.69 Å². The highest BCUT2D eigenvalue weighted by atomic mass is 16.5. The molecule has 1 aliphatic heterocycles. The molecule has 1 amide bonds. The van der Waals surface area contributed by atoms with Crippen molar-refractivity contribution in [3.05, 3.63) is 38.7 Å². The Kier molecular flexibility index (Phi) is 2.75. The molecule has 0 saturated carbocycles. The second-order valence-electron chi connectivity index (χ2n) is 4.60. The molecule has 0 aliphatic carbocycles. The monoisotopic (exact) mass is 289 g/mol. The highest BCUT2D eigenvalue weighted by Crippen LogP contribution is 2.39. The molecule has 0 fully saturated rings.